The van der Waals surface area contributed by atoms with E-state index in [-0.39, 0.29) is 0 Å². The minimum atomic E-state index is 0.464. The van der Waals surface area contributed by atoms with Gasteiger partial charge in [-0.2, -0.15) is 0 Å². The molecular weight excluding hydrogens is 250 g/mol. The molecule has 1 aromatic carbocycles. The van der Waals surface area contributed by atoms with Gasteiger partial charge in [0, 0.05) is 16.6 Å². The minimum absolute atomic E-state index is 0.464. The van der Waals surface area contributed by atoms with E-state index in [1.807, 2.05) is 0 Å². The zero-order valence-corrected chi connectivity index (χ0v) is 10.8. The van der Waals surface area contributed by atoms with Gasteiger partial charge in [-0.1, -0.05) is 40.9 Å². The fraction of sp³-hybridized carbons (Fsp3) is 0.538. The van der Waals surface area contributed by atoms with Crippen LogP contribution in [0.1, 0.15) is 44.2 Å². The molecule has 1 nitrogen and oxygen atoms in total. The van der Waals surface area contributed by atoms with Crippen molar-refractivity contribution >= 4 is 15.9 Å². The zero-order valence-electron chi connectivity index (χ0n) is 9.17. The first kappa shape index (κ1) is 11.2. The van der Waals surface area contributed by atoms with E-state index in [2.05, 4.69) is 52.4 Å². The molecule has 1 aromatic rings. The van der Waals surface area contributed by atoms with Crippen molar-refractivity contribution in [2.45, 2.75) is 44.7 Å². The van der Waals surface area contributed by atoms with Gasteiger partial charge in [0.1, 0.15) is 0 Å². The predicted molar refractivity (Wildman–Crippen MR) is 67.9 cm³/mol. The van der Waals surface area contributed by atoms with Crippen LogP contribution in [0.15, 0.2) is 28.7 Å². The number of halogens is 1. The molecule has 0 saturated heterocycles. The van der Waals surface area contributed by atoms with Gasteiger partial charge >= 0.3 is 0 Å². The number of rotatable bonds is 3. The van der Waals surface area contributed by atoms with Crippen LogP contribution in [-0.4, -0.2) is 6.04 Å². The normalized spacial score (nSPS) is 19.3. The summed E-state index contributed by atoms with van der Waals surface area (Å²) in [6, 6.07) is 9.77. The highest BCUT2D eigenvalue weighted by Crippen LogP contribution is 2.23. The van der Waals surface area contributed by atoms with Crippen LogP contribution >= 0.6 is 15.9 Å². The lowest BCUT2D eigenvalue weighted by Gasteiger charge is -2.19. The number of nitrogens with one attached hydrogen (secondary N) is 1. The van der Waals surface area contributed by atoms with Gasteiger partial charge in [-0.15, -0.1) is 0 Å². The van der Waals surface area contributed by atoms with Crippen molar-refractivity contribution in [3.8, 4) is 0 Å². The van der Waals surface area contributed by atoms with Crippen LogP contribution in [-0.2, 0) is 0 Å². The Hall–Kier alpha value is -0.340. The molecule has 1 saturated carbocycles. The molecule has 1 aliphatic carbocycles. The van der Waals surface area contributed by atoms with Crippen LogP contribution in [0.25, 0.3) is 0 Å². The Morgan fingerprint density at radius 2 is 2.07 bits per heavy atom. The molecule has 1 N–H and O–H groups in total. The second-order valence-corrected chi connectivity index (χ2v) is 5.34. The molecule has 0 amide bonds. The summed E-state index contributed by atoms with van der Waals surface area (Å²) in [5.41, 5.74) is 1.37. The second kappa shape index (κ2) is 5.13. The van der Waals surface area contributed by atoms with E-state index >= 15 is 0 Å². The first-order valence-electron chi connectivity index (χ1n) is 5.77. The molecule has 0 bridgehead atoms. The van der Waals surface area contributed by atoms with Gasteiger partial charge in [0.15, 0.2) is 0 Å². The first-order chi connectivity index (χ1) is 7.25. The summed E-state index contributed by atoms with van der Waals surface area (Å²) >= 11 is 3.52. The summed E-state index contributed by atoms with van der Waals surface area (Å²) in [5.74, 6) is 0. The Kier molecular flexibility index (Phi) is 3.81. The van der Waals surface area contributed by atoms with E-state index in [0.29, 0.717) is 6.04 Å². The van der Waals surface area contributed by atoms with Gasteiger partial charge in [-0.3, -0.25) is 0 Å². The highest BCUT2D eigenvalue weighted by molar-refractivity contribution is 9.10. The molecule has 2 rings (SSSR count). The van der Waals surface area contributed by atoms with E-state index in [1.54, 1.807) is 0 Å². The highest BCUT2D eigenvalue weighted by atomic mass is 79.9. The van der Waals surface area contributed by atoms with E-state index in [1.165, 1.54) is 35.7 Å². The molecule has 0 aliphatic heterocycles. The monoisotopic (exact) mass is 267 g/mol. The van der Waals surface area contributed by atoms with Crippen molar-refractivity contribution in [2.75, 3.05) is 0 Å². The van der Waals surface area contributed by atoms with Gasteiger partial charge in [0.2, 0.25) is 0 Å². The molecule has 15 heavy (non-hydrogen) atoms. The zero-order chi connectivity index (χ0) is 10.7. The van der Waals surface area contributed by atoms with Crippen molar-refractivity contribution < 1.29 is 0 Å². The summed E-state index contributed by atoms with van der Waals surface area (Å²) in [6.45, 7) is 2.25. The van der Waals surface area contributed by atoms with Gasteiger partial charge in [0.25, 0.3) is 0 Å². The molecule has 0 spiro atoms. The molecule has 0 radical (unpaired) electrons. The quantitative estimate of drug-likeness (QED) is 0.872. The lowest BCUT2D eigenvalue weighted by Crippen LogP contribution is -2.28. The van der Waals surface area contributed by atoms with Crippen LogP contribution in [0.5, 0.6) is 0 Å². The van der Waals surface area contributed by atoms with Gasteiger partial charge < -0.3 is 5.32 Å². The van der Waals surface area contributed by atoms with Crippen LogP contribution < -0.4 is 5.32 Å². The van der Waals surface area contributed by atoms with Crippen LogP contribution in [0.3, 0.4) is 0 Å². The standard InChI is InChI=1S/C13H18BrN/c1-10(15-13-7-2-3-8-13)11-5-4-6-12(14)9-11/h4-6,9-10,13,15H,2-3,7-8H2,1H3. The maximum atomic E-state index is 3.70. The maximum Gasteiger partial charge on any atom is 0.0294 e. The summed E-state index contributed by atoms with van der Waals surface area (Å²) in [6.07, 6.45) is 5.47. The largest absolute Gasteiger partial charge is 0.307 e. The molecule has 0 aromatic heterocycles. The number of hydrogen-bond acceptors (Lipinski definition) is 1. The van der Waals surface area contributed by atoms with Crippen LogP contribution in [0, 0.1) is 0 Å². The smallest absolute Gasteiger partial charge is 0.0294 e. The Morgan fingerprint density at radius 3 is 2.73 bits per heavy atom. The lowest BCUT2D eigenvalue weighted by atomic mass is 10.1. The van der Waals surface area contributed by atoms with Crippen molar-refractivity contribution in [1.29, 1.82) is 0 Å². The molecule has 1 aliphatic rings. The van der Waals surface area contributed by atoms with E-state index in [0.717, 1.165) is 6.04 Å². The molecule has 1 atom stereocenters. The van der Waals surface area contributed by atoms with Gasteiger partial charge in [-0.05, 0) is 37.5 Å². The molecule has 1 unspecified atom stereocenters. The Balaban J connectivity index is 1.97. The molecule has 0 heterocycles. The van der Waals surface area contributed by atoms with Crippen molar-refractivity contribution in [3.05, 3.63) is 34.3 Å². The van der Waals surface area contributed by atoms with Gasteiger partial charge in [-0.25, -0.2) is 0 Å². The van der Waals surface area contributed by atoms with Crippen molar-refractivity contribution in [3.63, 3.8) is 0 Å². The fourth-order valence-corrected chi connectivity index (χ4v) is 2.74. The average molecular weight is 268 g/mol. The molecule has 2 heteroatoms. The topological polar surface area (TPSA) is 12.0 Å². The van der Waals surface area contributed by atoms with Crippen LogP contribution in [0.2, 0.25) is 0 Å². The van der Waals surface area contributed by atoms with Crippen LogP contribution in [0.4, 0.5) is 0 Å². The summed E-state index contributed by atoms with van der Waals surface area (Å²) in [4.78, 5) is 0. The van der Waals surface area contributed by atoms with E-state index in [9.17, 15) is 0 Å². The lowest BCUT2D eigenvalue weighted by molar-refractivity contribution is 0.461. The third kappa shape index (κ3) is 3.05. The SMILES string of the molecule is CC(NC1CCCC1)c1cccc(Br)c1. The minimum Gasteiger partial charge on any atom is -0.307 e. The van der Waals surface area contributed by atoms with E-state index in [4.69, 9.17) is 0 Å². The molecule has 82 valence electrons. The third-order valence-corrected chi connectivity index (χ3v) is 3.68. The summed E-state index contributed by atoms with van der Waals surface area (Å²) in [5, 5.41) is 3.70. The predicted octanol–water partition coefficient (Wildman–Crippen LogP) is 4.04. The third-order valence-electron chi connectivity index (χ3n) is 3.19. The Bertz CT molecular complexity index is 318. The second-order valence-electron chi connectivity index (χ2n) is 4.42. The average Bonchev–Trinajstić information content (AvgIpc) is 2.70. The molecular formula is C13H18BrN. The number of benzene rings is 1. The summed E-state index contributed by atoms with van der Waals surface area (Å²) < 4.78 is 1.17. The fourth-order valence-electron chi connectivity index (χ4n) is 2.32. The number of hydrogen-bond donors (Lipinski definition) is 1. The highest BCUT2D eigenvalue weighted by Gasteiger charge is 2.17. The Morgan fingerprint density at radius 1 is 1.33 bits per heavy atom. The summed E-state index contributed by atoms with van der Waals surface area (Å²) in [7, 11) is 0. The van der Waals surface area contributed by atoms with Crippen molar-refractivity contribution in [1.82, 2.24) is 5.32 Å². The Labute approximate surface area is 100 Å². The first-order valence-corrected chi connectivity index (χ1v) is 6.56. The van der Waals surface area contributed by atoms with Gasteiger partial charge in [0.05, 0.1) is 0 Å². The molecule has 1 fully saturated rings. The maximum absolute atomic E-state index is 3.70. The van der Waals surface area contributed by atoms with Crippen molar-refractivity contribution in [2.24, 2.45) is 0 Å². The van der Waals surface area contributed by atoms with E-state index < -0.39 is 0 Å².